The summed E-state index contributed by atoms with van der Waals surface area (Å²) in [5.74, 6) is -0.412. The third-order valence-electron chi connectivity index (χ3n) is 1.02. The van der Waals surface area contributed by atoms with Gasteiger partial charge in [-0.05, 0) is 0 Å². The van der Waals surface area contributed by atoms with Crippen LogP contribution >= 0.6 is 9.50 Å². The number of carbonyl (C=O) groups is 1. The summed E-state index contributed by atoms with van der Waals surface area (Å²) in [7, 11) is -5.19. The second kappa shape index (κ2) is 3.36. The van der Waals surface area contributed by atoms with E-state index in [2.05, 4.69) is 15.5 Å². The number of amides is 1. The predicted octanol–water partition coefficient (Wildman–Crippen LogP) is -0.764. The summed E-state index contributed by atoms with van der Waals surface area (Å²) >= 11 is 0. The van der Waals surface area contributed by atoms with Gasteiger partial charge in [0.05, 0.1) is 0 Å². The predicted molar refractivity (Wildman–Crippen MR) is 47.3 cm³/mol. The summed E-state index contributed by atoms with van der Waals surface area (Å²) in [5.41, 5.74) is 1.08. The van der Waals surface area contributed by atoms with Gasteiger partial charge in [0, 0.05) is 6.92 Å². The number of rotatable bonds is 2. The summed E-state index contributed by atoms with van der Waals surface area (Å²) in [6, 6.07) is 0. The Morgan fingerprint density at radius 3 is 2.77 bits per heavy atom. The van der Waals surface area contributed by atoms with Crippen molar-refractivity contribution >= 4 is 29.6 Å². The van der Waals surface area contributed by atoms with Gasteiger partial charge in [0.1, 0.15) is 0 Å². The van der Waals surface area contributed by atoms with Crippen molar-refractivity contribution < 1.29 is 13.2 Å². The van der Waals surface area contributed by atoms with Gasteiger partial charge in [0.2, 0.25) is 5.91 Å². The van der Waals surface area contributed by atoms with Gasteiger partial charge in [-0.25, -0.2) is 0 Å². The van der Waals surface area contributed by atoms with E-state index in [1.54, 1.807) is 0 Å². The number of nitrogens with two attached hydrogens (primary N) is 1. The van der Waals surface area contributed by atoms with E-state index in [1.165, 1.54) is 6.92 Å². The molecule has 0 radical (unpaired) electrons. The van der Waals surface area contributed by atoms with Crippen molar-refractivity contribution in [3.05, 3.63) is 5.51 Å². The molecule has 1 heterocycles. The van der Waals surface area contributed by atoms with E-state index >= 15 is 0 Å². The van der Waals surface area contributed by atoms with Crippen molar-refractivity contribution in [1.29, 1.82) is 0 Å². The molecule has 1 aromatic rings. The van der Waals surface area contributed by atoms with E-state index in [1.807, 2.05) is 0 Å². The average Bonchev–Trinajstić information content (AvgIpc) is 2.31. The molecule has 1 atom stereocenters. The van der Waals surface area contributed by atoms with Crippen molar-refractivity contribution in [3.63, 3.8) is 0 Å². The first kappa shape index (κ1) is 10.0. The third-order valence-corrected chi connectivity index (χ3v) is 4.60. The molecular formula is C4H7N4O3S2+. The molecule has 0 spiro atoms. The zero-order valence-electron chi connectivity index (χ0n) is 6.59. The Labute approximate surface area is 76.4 Å². The molecule has 0 bridgehead atoms. The van der Waals surface area contributed by atoms with Gasteiger partial charge >= 0.3 is 14.2 Å². The van der Waals surface area contributed by atoms with E-state index < -0.39 is 24.5 Å². The van der Waals surface area contributed by atoms with E-state index in [4.69, 9.17) is 5.14 Å². The number of hydrogen-bond donors (Lipinski definition) is 2. The van der Waals surface area contributed by atoms with Gasteiger partial charge in [-0.1, -0.05) is 10.2 Å². The summed E-state index contributed by atoms with van der Waals surface area (Å²) in [6.07, 6.45) is 0. The van der Waals surface area contributed by atoms with Gasteiger partial charge in [-0.2, -0.15) is 13.6 Å². The molecule has 9 heteroatoms. The molecule has 0 aliphatic rings. The highest BCUT2D eigenvalue weighted by atomic mass is 33.2. The van der Waals surface area contributed by atoms with Crippen LogP contribution < -0.4 is 10.5 Å². The Balaban J connectivity index is 3.11. The standard InChI is InChI=1S/C4H6N4O3S2/c1-3(9)7-4-8-6-2-12(4)13(5,10)11/h2H,1H3,(H2-,5,7,8,9,10,11)/p+1. The fourth-order valence-electron chi connectivity index (χ4n) is 0.605. The van der Waals surface area contributed by atoms with Crippen LogP contribution in [-0.2, 0) is 13.8 Å². The summed E-state index contributed by atoms with van der Waals surface area (Å²) in [4.78, 5) is 10.6. The highest BCUT2D eigenvalue weighted by Gasteiger charge is 2.28. The van der Waals surface area contributed by atoms with Crippen LogP contribution in [0.1, 0.15) is 6.92 Å². The van der Waals surface area contributed by atoms with E-state index in [-0.39, 0.29) is 5.13 Å². The first-order chi connectivity index (χ1) is 5.91. The quantitative estimate of drug-likeness (QED) is 0.505. The lowest BCUT2D eigenvalue weighted by atomic mass is 10.7. The molecule has 0 aliphatic heterocycles. The first-order valence-electron chi connectivity index (χ1n) is 3.06. The number of nitrogens with one attached hydrogen (secondary N) is 1. The fraction of sp³-hybridized carbons (Fsp3) is 0.250. The third kappa shape index (κ3) is 2.44. The summed E-state index contributed by atoms with van der Waals surface area (Å²) in [6.45, 7) is 1.24. The maximum Gasteiger partial charge on any atom is 0.411 e. The number of nitrogens with zero attached hydrogens (tertiary/aromatic N) is 2. The fourth-order valence-corrected chi connectivity index (χ4v) is 2.91. The van der Waals surface area contributed by atoms with Gasteiger partial charge in [-0.3, -0.25) is 10.1 Å². The van der Waals surface area contributed by atoms with Crippen LogP contribution in [0.25, 0.3) is 0 Å². The average molecular weight is 223 g/mol. The highest BCUT2D eigenvalue weighted by Crippen LogP contribution is 2.29. The summed E-state index contributed by atoms with van der Waals surface area (Å²) in [5, 5.41) is 13.9. The topological polar surface area (TPSA) is 115 Å². The monoisotopic (exact) mass is 223 g/mol. The zero-order chi connectivity index (χ0) is 10.1. The molecule has 0 aromatic carbocycles. The van der Waals surface area contributed by atoms with E-state index in [0.29, 0.717) is 0 Å². The molecule has 1 amide bonds. The van der Waals surface area contributed by atoms with Crippen LogP contribution in [-0.4, -0.2) is 24.5 Å². The van der Waals surface area contributed by atoms with E-state index in [9.17, 15) is 13.2 Å². The lowest BCUT2D eigenvalue weighted by Gasteiger charge is -1.89. The van der Waals surface area contributed by atoms with Gasteiger partial charge in [0.25, 0.3) is 5.51 Å². The minimum absolute atomic E-state index is 0.0324. The SMILES string of the molecule is CC(=O)Nc1nnc[s+]1S(N)(=O)=O. The van der Waals surface area contributed by atoms with Crippen LogP contribution in [0.4, 0.5) is 5.13 Å². The molecule has 1 aromatic heterocycles. The molecule has 0 saturated carbocycles. The minimum Gasteiger partial charge on any atom is -0.275 e. The van der Waals surface area contributed by atoms with Crippen molar-refractivity contribution in [3.8, 4) is 0 Å². The smallest absolute Gasteiger partial charge is 0.275 e. The van der Waals surface area contributed by atoms with Crippen molar-refractivity contribution in [2.24, 2.45) is 5.14 Å². The first-order valence-corrected chi connectivity index (χ1v) is 6.41. The molecule has 0 fully saturated rings. The number of aromatic nitrogens is 2. The Bertz CT molecular complexity index is 422. The van der Waals surface area contributed by atoms with Crippen molar-refractivity contribution in [1.82, 2.24) is 10.2 Å². The lowest BCUT2D eigenvalue weighted by molar-refractivity contribution is -0.114. The Kier molecular flexibility index (Phi) is 2.59. The van der Waals surface area contributed by atoms with E-state index in [0.717, 1.165) is 5.51 Å². The molecule has 7 nitrogen and oxygen atoms in total. The molecular weight excluding hydrogens is 216 g/mol. The molecule has 0 aliphatic carbocycles. The number of anilines is 1. The van der Waals surface area contributed by atoms with Crippen molar-refractivity contribution in [2.45, 2.75) is 6.92 Å². The van der Waals surface area contributed by atoms with Crippen molar-refractivity contribution in [2.75, 3.05) is 5.32 Å². The minimum atomic E-state index is -3.76. The lowest BCUT2D eigenvalue weighted by Crippen LogP contribution is -2.11. The molecule has 1 rings (SSSR count). The molecule has 72 valence electrons. The maximum atomic E-state index is 10.9. The van der Waals surface area contributed by atoms with Gasteiger partial charge in [0.15, 0.2) is 9.50 Å². The highest BCUT2D eigenvalue weighted by molar-refractivity contribution is 8.38. The molecule has 13 heavy (non-hydrogen) atoms. The second-order valence-electron chi connectivity index (χ2n) is 2.10. The van der Waals surface area contributed by atoms with Crippen LogP contribution in [0.15, 0.2) is 5.51 Å². The molecule has 3 N–H and O–H groups in total. The number of hydrogen-bond acceptors (Lipinski definition) is 5. The molecule has 0 saturated heterocycles. The van der Waals surface area contributed by atoms with Gasteiger partial charge < -0.3 is 0 Å². The Morgan fingerprint density at radius 2 is 2.31 bits per heavy atom. The maximum absolute atomic E-state index is 10.9. The van der Waals surface area contributed by atoms with Crippen LogP contribution in [0.5, 0.6) is 0 Å². The van der Waals surface area contributed by atoms with Crippen LogP contribution in [0.2, 0.25) is 0 Å². The normalized spacial score (nSPS) is 12.6. The Morgan fingerprint density at radius 1 is 1.69 bits per heavy atom. The van der Waals surface area contributed by atoms with Crippen LogP contribution in [0.3, 0.4) is 0 Å². The van der Waals surface area contributed by atoms with Gasteiger partial charge in [-0.15, -0.1) is 0 Å². The van der Waals surface area contributed by atoms with Crippen LogP contribution in [0, 0.1) is 0 Å². The largest absolute Gasteiger partial charge is 0.411 e. The molecule has 1 unspecified atom stereocenters. The zero-order valence-corrected chi connectivity index (χ0v) is 8.22. The number of carbonyl (C=O) groups excluding carboxylic acids is 1. The summed E-state index contributed by atoms with van der Waals surface area (Å²) < 4.78 is 21.8. The second-order valence-corrected chi connectivity index (χ2v) is 6.75. The Hall–Kier alpha value is -1.06.